The fourth-order valence-electron chi connectivity index (χ4n) is 2.44. The predicted octanol–water partition coefficient (Wildman–Crippen LogP) is 0.148. The van der Waals surface area contributed by atoms with E-state index in [-0.39, 0.29) is 35.1 Å². The second kappa shape index (κ2) is 6.29. The Kier molecular flexibility index (Phi) is 4.52. The summed E-state index contributed by atoms with van der Waals surface area (Å²) < 4.78 is 28.1. The Bertz CT molecular complexity index is 894. The van der Waals surface area contributed by atoms with Crippen molar-refractivity contribution in [2.24, 2.45) is 0 Å². The molecule has 3 rings (SSSR count). The minimum absolute atomic E-state index is 0.0642. The van der Waals surface area contributed by atoms with Gasteiger partial charge in [-0.1, -0.05) is 22.7 Å². The highest BCUT2D eigenvalue weighted by Gasteiger charge is 2.30. The lowest BCUT2D eigenvalue weighted by molar-refractivity contribution is -0.135. The first-order chi connectivity index (χ1) is 10.9. The minimum Gasteiger partial charge on any atom is -0.387 e. The van der Waals surface area contributed by atoms with Crippen LogP contribution in [0.3, 0.4) is 0 Å². The van der Waals surface area contributed by atoms with Gasteiger partial charge in [-0.3, -0.25) is 9.59 Å². The van der Waals surface area contributed by atoms with Crippen molar-refractivity contribution in [3.63, 3.8) is 0 Å². The summed E-state index contributed by atoms with van der Waals surface area (Å²) >= 11 is 2.14. The highest BCUT2D eigenvalue weighted by atomic mass is 32.2. The van der Waals surface area contributed by atoms with Crippen molar-refractivity contribution in [3.05, 3.63) is 27.0 Å². The van der Waals surface area contributed by atoms with Crippen LogP contribution in [0.1, 0.15) is 0 Å². The lowest BCUT2D eigenvalue weighted by atomic mass is 10.3. The standard InChI is InChI=1S/C13H14N2O5S3/c16-8-12(17)14-3-5-15(6-4-14)23(19,20)9-1-2-10-11(7-9)22-13(18)21-10/h1-2,7,16H,3-6,8H2. The molecule has 124 valence electrons. The monoisotopic (exact) mass is 374 g/mol. The van der Waals surface area contributed by atoms with Gasteiger partial charge in [0.05, 0.1) is 9.60 Å². The van der Waals surface area contributed by atoms with Crippen LogP contribution in [0.5, 0.6) is 0 Å². The summed E-state index contributed by atoms with van der Waals surface area (Å²) in [5.74, 6) is -0.397. The van der Waals surface area contributed by atoms with Gasteiger partial charge in [0.2, 0.25) is 15.9 Å². The third-order valence-electron chi connectivity index (χ3n) is 3.67. The molecule has 0 saturated carbocycles. The molecule has 0 radical (unpaired) electrons. The molecule has 1 aromatic carbocycles. The summed E-state index contributed by atoms with van der Waals surface area (Å²) in [6.07, 6.45) is 0. The van der Waals surface area contributed by atoms with E-state index in [1.54, 1.807) is 6.07 Å². The van der Waals surface area contributed by atoms with Crippen molar-refractivity contribution in [2.45, 2.75) is 4.90 Å². The molecule has 1 aromatic heterocycles. The van der Waals surface area contributed by atoms with Crippen LogP contribution in [-0.2, 0) is 14.8 Å². The number of aliphatic hydroxyl groups excluding tert-OH is 1. The molecule has 2 heterocycles. The Morgan fingerprint density at radius 3 is 2.43 bits per heavy atom. The number of benzene rings is 1. The number of rotatable bonds is 3. The maximum atomic E-state index is 12.7. The molecule has 7 nitrogen and oxygen atoms in total. The third kappa shape index (κ3) is 3.17. The highest BCUT2D eigenvalue weighted by molar-refractivity contribution is 7.89. The van der Waals surface area contributed by atoms with Crippen molar-refractivity contribution >= 4 is 48.0 Å². The van der Waals surface area contributed by atoms with Crippen molar-refractivity contribution in [1.82, 2.24) is 9.21 Å². The number of hydrogen-bond acceptors (Lipinski definition) is 7. The fourth-order valence-corrected chi connectivity index (χ4v) is 5.93. The van der Waals surface area contributed by atoms with E-state index in [2.05, 4.69) is 0 Å². The number of aliphatic hydroxyl groups is 1. The predicted molar refractivity (Wildman–Crippen MR) is 88.4 cm³/mol. The molecule has 0 spiro atoms. The molecule has 0 aliphatic carbocycles. The molecular weight excluding hydrogens is 360 g/mol. The zero-order chi connectivity index (χ0) is 16.6. The molecule has 1 N–H and O–H groups in total. The molecule has 1 saturated heterocycles. The Balaban J connectivity index is 1.83. The topological polar surface area (TPSA) is 95.0 Å². The molecule has 10 heteroatoms. The van der Waals surface area contributed by atoms with Crippen LogP contribution in [0.2, 0.25) is 0 Å². The van der Waals surface area contributed by atoms with Crippen LogP contribution in [0.25, 0.3) is 9.40 Å². The number of nitrogens with zero attached hydrogens (tertiary/aromatic N) is 2. The summed E-state index contributed by atoms with van der Waals surface area (Å²) in [7, 11) is -3.66. The Labute approximate surface area is 140 Å². The SMILES string of the molecule is O=C(CO)N1CCN(S(=O)(=O)c2ccc3sc(=O)sc3c2)CC1. The van der Waals surface area contributed by atoms with Crippen LogP contribution in [0, 0.1) is 0 Å². The van der Waals surface area contributed by atoms with Gasteiger partial charge in [0.25, 0.3) is 4.06 Å². The van der Waals surface area contributed by atoms with E-state index in [0.29, 0.717) is 4.70 Å². The molecule has 0 unspecified atom stereocenters. The van der Waals surface area contributed by atoms with Gasteiger partial charge in [0.1, 0.15) is 6.61 Å². The zero-order valence-corrected chi connectivity index (χ0v) is 14.4. The smallest absolute Gasteiger partial charge is 0.288 e. The van der Waals surface area contributed by atoms with Gasteiger partial charge in [-0.05, 0) is 18.2 Å². The average Bonchev–Trinajstić information content (AvgIpc) is 2.93. The first-order valence-electron chi connectivity index (χ1n) is 6.84. The largest absolute Gasteiger partial charge is 0.387 e. The number of carbonyl (C=O) groups is 1. The second-order valence-electron chi connectivity index (χ2n) is 5.01. The summed E-state index contributed by atoms with van der Waals surface area (Å²) in [5.41, 5.74) is 0. The van der Waals surface area contributed by atoms with E-state index in [9.17, 15) is 18.0 Å². The number of carbonyl (C=O) groups excluding carboxylic acids is 1. The van der Waals surface area contributed by atoms with Crippen molar-refractivity contribution < 1.29 is 18.3 Å². The summed E-state index contributed by atoms with van der Waals surface area (Å²) in [4.78, 5) is 24.4. The molecule has 0 atom stereocenters. The van der Waals surface area contributed by atoms with Crippen molar-refractivity contribution in [3.8, 4) is 0 Å². The van der Waals surface area contributed by atoms with Gasteiger partial charge in [-0.25, -0.2) is 8.42 Å². The molecular formula is C13H14N2O5S3. The summed E-state index contributed by atoms with van der Waals surface area (Å²) in [6, 6.07) is 4.68. The number of sulfonamides is 1. The zero-order valence-electron chi connectivity index (χ0n) is 12.0. The average molecular weight is 374 g/mol. The third-order valence-corrected chi connectivity index (χ3v) is 7.66. The van der Waals surface area contributed by atoms with E-state index in [1.165, 1.54) is 21.3 Å². The maximum absolute atomic E-state index is 12.7. The van der Waals surface area contributed by atoms with Gasteiger partial charge in [-0.2, -0.15) is 4.31 Å². The Morgan fingerprint density at radius 2 is 1.78 bits per heavy atom. The first kappa shape index (κ1) is 16.5. The number of fused-ring (bicyclic) bond motifs is 1. The number of piperazine rings is 1. The van der Waals surface area contributed by atoms with E-state index >= 15 is 0 Å². The van der Waals surface area contributed by atoms with Crippen LogP contribution in [-0.4, -0.2) is 61.4 Å². The summed E-state index contributed by atoms with van der Waals surface area (Å²) in [5, 5.41) is 8.85. The second-order valence-corrected chi connectivity index (χ2v) is 9.23. The lowest BCUT2D eigenvalue weighted by Gasteiger charge is -2.33. The Morgan fingerprint density at radius 1 is 1.13 bits per heavy atom. The van der Waals surface area contributed by atoms with Gasteiger partial charge in [0.15, 0.2) is 0 Å². The molecule has 1 aliphatic rings. The number of amides is 1. The quantitative estimate of drug-likeness (QED) is 0.825. The summed E-state index contributed by atoms with van der Waals surface area (Å²) in [6.45, 7) is 0.317. The van der Waals surface area contributed by atoms with Gasteiger partial charge in [-0.15, -0.1) is 0 Å². The molecule has 23 heavy (non-hydrogen) atoms. The highest BCUT2D eigenvalue weighted by Crippen LogP contribution is 2.26. The van der Waals surface area contributed by atoms with Crippen molar-refractivity contribution in [1.29, 1.82) is 0 Å². The molecule has 0 bridgehead atoms. The lowest BCUT2D eigenvalue weighted by Crippen LogP contribution is -2.51. The number of hydrogen-bond donors (Lipinski definition) is 1. The molecule has 1 fully saturated rings. The normalized spacial score (nSPS) is 16.8. The maximum Gasteiger partial charge on any atom is 0.288 e. The van der Waals surface area contributed by atoms with Crippen LogP contribution in [0.15, 0.2) is 27.9 Å². The van der Waals surface area contributed by atoms with Gasteiger partial charge in [0, 0.05) is 30.9 Å². The van der Waals surface area contributed by atoms with Gasteiger partial charge < -0.3 is 10.0 Å². The van der Waals surface area contributed by atoms with Gasteiger partial charge >= 0.3 is 0 Å². The molecule has 2 aromatic rings. The first-order valence-corrected chi connectivity index (χ1v) is 9.91. The fraction of sp³-hybridized carbons (Fsp3) is 0.385. The van der Waals surface area contributed by atoms with E-state index in [0.717, 1.165) is 27.4 Å². The van der Waals surface area contributed by atoms with Crippen molar-refractivity contribution in [2.75, 3.05) is 32.8 Å². The molecule has 1 aliphatic heterocycles. The van der Waals surface area contributed by atoms with Crippen LogP contribution < -0.4 is 4.06 Å². The van der Waals surface area contributed by atoms with E-state index in [1.807, 2.05) is 0 Å². The van der Waals surface area contributed by atoms with Crippen LogP contribution >= 0.6 is 22.7 Å². The van der Waals surface area contributed by atoms with Crippen LogP contribution in [0.4, 0.5) is 0 Å². The molecule has 1 amide bonds. The minimum atomic E-state index is -3.66. The van der Waals surface area contributed by atoms with E-state index in [4.69, 9.17) is 5.11 Å². The van der Waals surface area contributed by atoms with E-state index < -0.39 is 22.5 Å². The Hall–Kier alpha value is -1.33.